The highest BCUT2D eigenvalue weighted by molar-refractivity contribution is 6.09. The van der Waals surface area contributed by atoms with Crippen molar-refractivity contribution in [3.8, 4) is 45.8 Å². The fourth-order valence-electron chi connectivity index (χ4n) is 9.07. The van der Waals surface area contributed by atoms with Gasteiger partial charge in [0.1, 0.15) is 34.7 Å². The molecule has 0 aromatic heterocycles. The van der Waals surface area contributed by atoms with Crippen LogP contribution >= 0.6 is 0 Å². The van der Waals surface area contributed by atoms with E-state index in [2.05, 4.69) is 22.5 Å². The van der Waals surface area contributed by atoms with E-state index in [0.29, 0.717) is 68.8 Å². The molecule has 1 saturated heterocycles. The zero-order valence-corrected chi connectivity index (χ0v) is 35.5. The molecule has 16 nitrogen and oxygen atoms in total. The number of carbonyl (C=O) groups is 5. The molecule has 338 valence electrons. The Kier molecular flexibility index (Phi) is 10.4. The smallest absolute Gasteiger partial charge is 0.336 e. The average Bonchev–Trinajstić information content (AvgIpc) is 3.79. The van der Waals surface area contributed by atoms with Crippen molar-refractivity contribution in [2.24, 2.45) is 5.41 Å². The first-order valence-corrected chi connectivity index (χ1v) is 21.3. The van der Waals surface area contributed by atoms with E-state index in [1.54, 1.807) is 24.3 Å². The molecule has 0 saturated carbocycles. The number of aromatic hydroxyl groups is 1. The number of carboxylic acids is 3. The van der Waals surface area contributed by atoms with Crippen LogP contribution in [0, 0.1) is 17.3 Å². The summed E-state index contributed by atoms with van der Waals surface area (Å²) in [4.78, 5) is 76.6. The van der Waals surface area contributed by atoms with Crippen molar-refractivity contribution < 1.29 is 58.3 Å². The SMILES string of the molecule is Nc1ccc2c(c1)OC1=CC3(C#CC3)C=CC1=C2c1ccc(C(=O)NCC2CCC(C(=O)NCc3c(O)ccc4c(-c5ccc(C(=O)O)cc5C(=O)O)c5ccc(=O)cc-5oc34)O2)cc1C(=O)O. The molecule has 0 bridgehead atoms. The molecule has 1 spiro atoms. The largest absolute Gasteiger partial charge is 0.507 e. The number of phenolic OH excluding ortho intramolecular Hbond substituents is 1. The maximum atomic E-state index is 13.5. The van der Waals surface area contributed by atoms with Gasteiger partial charge in [-0.1, -0.05) is 36.1 Å². The number of carboxylic acid groups (broad SMARTS) is 3. The summed E-state index contributed by atoms with van der Waals surface area (Å²) in [7, 11) is 0. The molecule has 68 heavy (non-hydrogen) atoms. The minimum atomic E-state index is -1.40. The summed E-state index contributed by atoms with van der Waals surface area (Å²) < 4.78 is 18.5. The highest BCUT2D eigenvalue weighted by Gasteiger charge is 2.37. The van der Waals surface area contributed by atoms with Crippen molar-refractivity contribution in [2.75, 3.05) is 12.3 Å². The van der Waals surface area contributed by atoms with Crippen LogP contribution in [0.3, 0.4) is 0 Å². The molecule has 4 aromatic rings. The summed E-state index contributed by atoms with van der Waals surface area (Å²) in [5, 5.41) is 47.1. The Labute approximate surface area is 385 Å². The van der Waals surface area contributed by atoms with E-state index >= 15 is 0 Å². The van der Waals surface area contributed by atoms with Crippen LogP contribution in [0.15, 0.2) is 124 Å². The van der Waals surface area contributed by atoms with Crippen LogP contribution in [0.1, 0.15) is 77.4 Å². The van der Waals surface area contributed by atoms with Crippen molar-refractivity contribution >= 4 is 52.0 Å². The van der Waals surface area contributed by atoms with Crippen molar-refractivity contribution in [2.45, 2.75) is 38.0 Å². The third-order valence-electron chi connectivity index (χ3n) is 12.5. The van der Waals surface area contributed by atoms with Crippen LogP contribution in [-0.4, -0.2) is 68.9 Å². The first-order chi connectivity index (χ1) is 32.7. The van der Waals surface area contributed by atoms with E-state index in [9.17, 15) is 49.2 Å². The number of anilines is 1. The van der Waals surface area contributed by atoms with Crippen LogP contribution in [0.5, 0.6) is 11.5 Å². The van der Waals surface area contributed by atoms with Crippen LogP contribution < -0.4 is 26.5 Å². The number of rotatable bonds is 11. The molecule has 3 unspecified atom stereocenters. The quantitative estimate of drug-likeness (QED) is 0.0411. The maximum Gasteiger partial charge on any atom is 0.336 e. The topological polar surface area (TPSA) is 265 Å². The molecule has 6 aliphatic rings. The van der Waals surface area contributed by atoms with E-state index in [4.69, 9.17) is 19.6 Å². The molecule has 3 heterocycles. The Balaban J connectivity index is 0.851. The number of allylic oxidation sites excluding steroid dienone is 3. The number of nitrogens with two attached hydrogens (primary N) is 1. The van der Waals surface area contributed by atoms with E-state index in [1.807, 2.05) is 18.2 Å². The van der Waals surface area contributed by atoms with Crippen LogP contribution in [0.2, 0.25) is 0 Å². The van der Waals surface area contributed by atoms with Gasteiger partial charge in [0.15, 0.2) is 5.43 Å². The zero-order chi connectivity index (χ0) is 47.6. The number of fused-ring (bicyclic) bond motifs is 4. The van der Waals surface area contributed by atoms with Crippen LogP contribution in [-0.2, 0) is 16.1 Å². The second-order valence-electron chi connectivity index (χ2n) is 16.8. The summed E-state index contributed by atoms with van der Waals surface area (Å²) >= 11 is 0. The minimum absolute atomic E-state index is 0.00409. The van der Waals surface area contributed by atoms with E-state index in [0.717, 1.165) is 6.07 Å². The van der Waals surface area contributed by atoms with Gasteiger partial charge in [-0.15, -0.1) is 0 Å². The predicted molar refractivity (Wildman–Crippen MR) is 245 cm³/mol. The second-order valence-corrected chi connectivity index (χ2v) is 16.8. The number of benzene rings is 5. The van der Waals surface area contributed by atoms with E-state index in [1.165, 1.54) is 54.6 Å². The summed E-state index contributed by atoms with van der Waals surface area (Å²) in [6, 6.07) is 20.0. The molecule has 4 aromatic carbocycles. The Bertz CT molecular complexity index is 3440. The Hall–Kier alpha value is -8.94. The number of phenols is 1. The Morgan fingerprint density at radius 2 is 1.51 bits per heavy atom. The number of amides is 2. The molecule has 10 rings (SSSR count). The molecular weight excluding hydrogens is 875 g/mol. The van der Waals surface area contributed by atoms with Gasteiger partial charge in [0.25, 0.3) is 5.91 Å². The lowest BCUT2D eigenvalue weighted by Gasteiger charge is -2.33. The van der Waals surface area contributed by atoms with Gasteiger partial charge in [0.2, 0.25) is 5.91 Å². The van der Waals surface area contributed by atoms with Gasteiger partial charge in [-0.2, -0.15) is 0 Å². The van der Waals surface area contributed by atoms with Crippen molar-refractivity contribution in [3.63, 3.8) is 0 Å². The number of nitrogen functional groups attached to an aromatic ring is 1. The van der Waals surface area contributed by atoms with Gasteiger partial charge in [0, 0.05) is 69.6 Å². The third kappa shape index (κ3) is 7.56. The summed E-state index contributed by atoms with van der Waals surface area (Å²) in [6.45, 7) is -0.279. The highest BCUT2D eigenvalue weighted by atomic mass is 16.5. The molecule has 0 radical (unpaired) electrons. The molecule has 8 N–H and O–H groups in total. The van der Waals surface area contributed by atoms with Gasteiger partial charge in [-0.3, -0.25) is 14.4 Å². The van der Waals surface area contributed by atoms with Crippen molar-refractivity contribution in [1.29, 1.82) is 0 Å². The fraction of sp³-hybridized carbons (Fsp3) is 0.154. The average molecular weight is 912 g/mol. The lowest BCUT2D eigenvalue weighted by atomic mass is 9.73. The number of nitrogens with one attached hydrogen (secondary N) is 2. The standard InChI is InChI=1S/C52H37N3O13/c53-27-4-9-32-41(20-27)67-43-22-52(15-1-16-52)17-14-34(43)44(32)30-7-2-25(18-36(30)50(62)63)47(58)54-23-29-6-13-40(66-29)48(59)55-24-38-39(57)12-11-35-45(33-10-5-28(56)21-42(33)68-46(35)38)31-8-3-26(49(60)61)19-37(31)51(64)65/h2-5,7-12,14,17-22,29,40,57H,6,13,15,23-24,53H2,(H,54,58)(H,55,59)(H,60,61)(H,62,63)(H,64,65). The normalized spacial score (nSPS) is 18.7. The number of aromatic carboxylic acids is 3. The van der Waals surface area contributed by atoms with Gasteiger partial charge in [-0.25, -0.2) is 14.4 Å². The molecule has 3 atom stereocenters. The molecule has 3 aliphatic carbocycles. The van der Waals surface area contributed by atoms with Crippen molar-refractivity contribution in [3.05, 3.63) is 164 Å². The van der Waals surface area contributed by atoms with Gasteiger partial charge >= 0.3 is 17.9 Å². The van der Waals surface area contributed by atoms with Gasteiger partial charge in [0.05, 0.1) is 40.3 Å². The lowest BCUT2D eigenvalue weighted by molar-refractivity contribution is -0.132. The van der Waals surface area contributed by atoms with Crippen LogP contribution in [0.25, 0.3) is 39.0 Å². The Morgan fingerprint density at radius 3 is 2.26 bits per heavy atom. The predicted octanol–water partition coefficient (Wildman–Crippen LogP) is 6.58. The Morgan fingerprint density at radius 1 is 0.794 bits per heavy atom. The first-order valence-electron chi connectivity index (χ1n) is 21.3. The monoisotopic (exact) mass is 911 g/mol. The lowest BCUT2D eigenvalue weighted by Crippen LogP contribution is -2.36. The second kappa shape index (κ2) is 16.5. The van der Waals surface area contributed by atoms with Crippen LogP contribution in [0.4, 0.5) is 5.69 Å². The molecule has 16 heteroatoms. The molecule has 3 aliphatic heterocycles. The number of hydrogen-bond acceptors (Lipinski definition) is 11. The summed E-state index contributed by atoms with van der Waals surface area (Å²) in [5.41, 5.74) is 8.27. The van der Waals surface area contributed by atoms with Crippen molar-refractivity contribution in [1.82, 2.24) is 10.6 Å². The molecule has 1 fully saturated rings. The third-order valence-corrected chi connectivity index (χ3v) is 12.5. The summed E-state index contributed by atoms with van der Waals surface area (Å²) in [6.07, 6.45) is 5.57. The number of hydrogen-bond donors (Lipinski definition) is 7. The number of ether oxygens (including phenoxy) is 2. The maximum absolute atomic E-state index is 13.5. The summed E-state index contributed by atoms with van der Waals surface area (Å²) in [5.74, 6) is 1.88. The molecule has 2 amide bonds. The van der Waals surface area contributed by atoms with Gasteiger partial charge in [-0.05, 0) is 90.7 Å². The number of carbonyl (C=O) groups excluding carboxylic acids is 2. The van der Waals surface area contributed by atoms with Gasteiger partial charge < -0.3 is 50.7 Å². The van der Waals surface area contributed by atoms with E-state index < -0.39 is 52.8 Å². The minimum Gasteiger partial charge on any atom is -0.507 e. The first kappa shape index (κ1) is 43.0. The highest BCUT2D eigenvalue weighted by Crippen LogP contribution is 2.48. The molecular formula is C52H37N3O13. The van der Waals surface area contributed by atoms with E-state index in [-0.39, 0.29) is 70.0 Å². The fourth-order valence-corrected chi connectivity index (χ4v) is 9.07. The zero-order valence-electron chi connectivity index (χ0n) is 35.5.